The third kappa shape index (κ3) is 6.39. The van der Waals surface area contributed by atoms with Crippen LogP contribution in [0, 0.1) is 5.92 Å². The largest absolute Gasteiger partial charge is 0.379 e. The first kappa shape index (κ1) is 21.0. The lowest BCUT2D eigenvalue weighted by molar-refractivity contribution is -0.133. The van der Waals surface area contributed by atoms with Gasteiger partial charge in [0, 0.05) is 45.2 Å². The minimum Gasteiger partial charge on any atom is -0.379 e. The topological polar surface area (TPSA) is 44.8 Å². The molecule has 5 nitrogen and oxygen atoms in total. The average molecular weight is 368 g/mol. The van der Waals surface area contributed by atoms with E-state index in [1.165, 1.54) is 19.3 Å². The molecule has 7 heteroatoms. The molecule has 136 valence electrons. The van der Waals surface area contributed by atoms with Crippen LogP contribution in [0.4, 0.5) is 0 Å². The van der Waals surface area contributed by atoms with Gasteiger partial charge in [0.15, 0.2) is 0 Å². The zero-order valence-corrected chi connectivity index (χ0v) is 15.5. The van der Waals surface area contributed by atoms with Gasteiger partial charge in [-0.05, 0) is 38.1 Å². The van der Waals surface area contributed by atoms with E-state index in [4.69, 9.17) is 4.74 Å². The van der Waals surface area contributed by atoms with Gasteiger partial charge >= 0.3 is 0 Å². The zero-order valence-electron chi connectivity index (χ0n) is 13.9. The van der Waals surface area contributed by atoms with Crippen LogP contribution in [-0.4, -0.2) is 74.2 Å². The number of hydrogen-bond donors (Lipinski definition) is 1. The molecule has 3 saturated heterocycles. The van der Waals surface area contributed by atoms with Crippen LogP contribution >= 0.6 is 24.8 Å². The highest BCUT2D eigenvalue weighted by Gasteiger charge is 2.27. The molecule has 3 aliphatic heterocycles. The van der Waals surface area contributed by atoms with Crippen molar-refractivity contribution in [2.45, 2.75) is 38.1 Å². The Labute approximate surface area is 152 Å². The molecule has 0 aliphatic carbocycles. The van der Waals surface area contributed by atoms with Crippen LogP contribution in [-0.2, 0) is 9.53 Å². The normalized spacial score (nSPS) is 28.8. The van der Waals surface area contributed by atoms with Crippen molar-refractivity contribution in [1.29, 1.82) is 0 Å². The van der Waals surface area contributed by atoms with Crippen LogP contribution in [0.1, 0.15) is 32.1 Å². The van der Waals surface area contributed by atoms with Crippen molar-refractivity contribution in [1.82, 2.24) is 15.1 Å². The fraction of sp³-hybridized carbons (Fsp3) is 0.938. The molecule has 0 aromatic rings. The molecule has 3 fully saturated rings. The number of likely N-dealkylation sites (tertiary alicyclic amines) is 1. The maximum atomic E-state index is 12.4. The first-order valence-corrected chi connectivity index (χ1v) is 8.62. The third-order valence-corrected chi connectivity index (χ3v) is 5.08. The number of hydrogen-bond acceptors (Lipinski definition) is 4. The molecule has 2 atom stereocenters. The van der Waals surface area contributed by atoms with E-state index in [1.54, 1.807) is 0 Å². The molecule has 1 amide bonds. The van der Waals surface area contributed by atoms with Gasteiger partial charge in [0.25, 0.3) is 0 Å². The Balaban J connectivity index is 0.00000132. The van der Waals surface area contributed by atoms with Crippen molar-refractivity contribution in [3.8, 4) is 0 Å². The Morgan fingerprint density at radius 1 is 1.09 bits per heavy atom. The summed E-state index contributed by atoms with van der Waals surface area (Å²) in [6.45, 7) is 7.97. The predicted molar refractivity (Wildman–Crippen MR) is 96.7 cm³/mol. The third-order valence-electron chi connectivity index (χ3n) is 5.08. The van der Waals surface area contributed by atoms with Gasteiger partial charge in [-0.3, -0.25) is 9.69 Å². The lowest BCUT2D eigenvalue weighted by atomic mass is 9.96. The van der Waals surface area contributed by atoms with Crippen LogP contribution in [0.15, 0.2) is 0 Å². The highest BCUT2D eigenvalue weighted by atomic mass is 35.5. The van der Waals surface area contributed by atoms with Gasteiger partial charge < -0.3 is 15.0 Å². The molecular weight excluding hydrogens is 337 g/mol. The molecule has 0 aromatic carbocycles. The molecule has 0 aromatic heterocycles. The zero-order chi connectivity index (χ0) is 14.5. The molecule has 3 rings (SSSR count). The summed E-state index contributed by atoms with van der Waals surface area (Å²) in [5, 5.41) is 3.43. The van der Waals surface area contributed by atoms with Gasteiger partial charge in [0.1, 0.15) is 0 Å². The maximum Gasteiger partial charge on any atom is 0.224 e. The van der Waals surface area contributed by atoms with E-state index in [9.17, 15) is 4.79 Å². The van der Waals surface area contributed by atoms with Gasteiger partial charge in [-0.25, -0.2) is 0 Å². The number of amides is 1. The van der Waals surface area contributed by atoms with Crippen LogP contribution in [0.25, 0.3) is 0 Å². The van der Waals surface area contributed by atoms with Crippen LogP contribution < -0.4 is 5.32 Å². The number of morpholine rings is 1. The van der Waals surface area contributed by atoms with Crippen molar-refractivity contribution >= 4 is 30.7 Å². The minimum absolute atomic E-state index is 0. The number of halogens is 2. The molecule has 0 saturated carbocycles. The first-order chi connectivity index (χ1) is 10.3. The summed E-state index contributed by atoms with van der Waals surface area (Å²) < 4.78 is 5.41. The molecule has 0 bridgehead atoms. The molecule has 0 radical (unpaired) electrons. The van der Waals surface area contributed by atoms with Gasteiger partial charge in [0.05, 0.1) is 13.2 Å². The second-order valence-corrected chi connectivity index (χ2v) is 6.76. The highest BCUT2D eigenvalue weighted by molar-refractivity contribution is 5.85. The molecule has 23 heavy (non-hydrogen) atoms. The quantitative estimate of drug-likeness (QED) is 0.818. The van der Waals surface area contributed by atoms with Gasteiger partial charge in [-0.15, -0.1) is 24.8 Å². The maximum absolute atomic E-state index is 12.4. The summed E-state index contributed by atoms with van der Waals surface area (Å²) in [5.41, 5.74) is 0. The van der Waals surface area contributed by atoms with Crippen LogP contribution in [0.3, 0.4) is 0 Å². The molecule has 2 unspecified atom stereocenters. The van der Waals surface area contributed by atoms with Crippen molar-refractivity contribution < 1.29 is 9.53 Å². The molecular formula is C16H31Cl2N3O2. The minimum atomic E-state index is 0. The van der Waals surface area contributed by atoms with Gasteiger partial charge in [-0.2, -0.15) is 0 Å². The Morgan fingerprint density at radius 2 is 1.87 bits per heavy atom. The van der Waals surface area contributed by atoms with Crippen molar-refractivity contribution in [3.63, 3.8) is 0 Å². The van der Waals surface area contributed by atoms with Gasteiger partial charge in [-0.1, -0.05) is 0 Å². The van der Waals surface area contributed by atoms with E-state index in [0.29, 0.717) is 24.3 Å². The summed E-state index contributed by atoms with van der Waals surface area (Å²) in [6, 6.07) is 0.428. The number of ether oxygens (including phenoxy) is 1. The van der Waals surface area contributed by atoms with E-state index in [1.807, 2.05) is 0 Å². The fourth-order valence-electron chi connectivity index (χ4n) is 3.86. The second-order valence-electron chi connectivity index (χ2n) is 6.76. The lowest BCUT2D eigenvalue weighted by Gasteiger charge is -2.37. The molecule has 3 aliphatic rings. The number of carbonyl (C=O) groups excluding carboxylic acids is 1. The summed E-state index contributed by atoms with van der Waals surface area (Å²) in [7, 11) is 0. The predicted octanol–water partition coefficient (Wildman–Crippen LogP) is 1.54. The fourth-order valence-corrected chi connectivity index (χ4v) is 3.86. The van der Waals surface area contributed by atoms with E-state index in [2.05, 4.69) is 15.1 Å². The van der Waals surface area contributed by atoms with Gasteiger partial charge in [0.2, 0.25) is 5.91 Å². The lowest BCUT2D eigenvalue weighted by Crippen LogP contribution is -2.47. The van der Waals surface area contributed by atoms with Crippen LogP contribution in [0.5, 0.6) is 0 Å². The number of rotatable bonds is 4. The summed E-state index contributed by atoms with van der Waals surface area (Å²) in [6.07, 6.45) is 5.51. The van der Waals surface area contributed by atoms with E-state index in [-0.39, 0.29) is 24.8 Å². The van der Waals surface area contributed by atoms with Crippen molar-refractivity contribution in [2.75, 3.05) is 52.5 Å². The van der Waals surface area contributed by atoms with E-state index < -0.39 is 0 Å². The molecule has 1 N–H and O–H groups in total. The van der Waals surface area contributed by atoms with Crippen molar-refractivity contribution in [3.05, 3.63) is 0 Å². The Hall–Kier alpha value is -0.0700. The van der Waals surface area contributed by atoms with Crippen LogP contribution in [0.2, 0.25) is 0 Å². The number of nitrogens with one attached hydrogen (secondary N) is 1. The number of piperidine rings is 1. The van der Waals surface area contributed by atoms with E-state index in [0.717, 1.165) is 58.9 Å². The van der Waals surface area contributed by atoms with Crippen molar-refractivity contribution in [2.24, 2.45) is 5.92 Å². The number of carbonyl (C=O) groups is 1. The Morgan fingerprint density at radius 3 is 2.57 bits per heavy atom. The standard InChI is InChI=1S/C16H29N3O2.2ClH/c20-16(11-15-4-1-5-17-15)19-6-2-3-14(13-19)12-18-7-9-21-10-8-18;;/h14-15,17H,1-13H2;2*1H. The Kier molecular flexibility index (Phi) is 9.78. The Bertz CT molecular complexity index is 348. The summed E-state index contributed by atoms with van der Waals surface area (Å²) in [5.74, 6) is 1.01. The number of nitrogens with zero attached hydrogens (tertiary/aromatic N) is 2. The summed E-state index contributed by atoms with van der Waals surface area (Å²) >= 11 is 0. The first-order valence-electron chi connectivity index (χ1n) is 8.62. The monoisotopic (exact) mass is 367 g/mol. The second kappa shape index (κ2) is 10.7. The smallest absolute Gasteiger partial charge is 0.224 e. The highest BCUT2D eigenvalue weighted by Crippen LogP contribution is 2.20. The average Bonchev–Trinajstić information content (AvgIpc) is 3.01. The SMILES string of the molecule is Cl.Cl.O=C(CC1CCCN1)N1CCCC(CN2CCOCC2)C1. The molecule has 3 heterocycles. The summed E-state index contributed by atoms with van der Waals surface area (Å²) in [4.78, 5) is 17.1. The molecule has 0 spiro atoms. The van der Waals surface area contributed by atoms with E-state index >= 15 is 0 Å².